The summed E-state index contributed by atoms with van der Waals surface area (Å²) in [6.07, 6.45) is -3.41. The predicted molar refractivity (Wildman–Crippen MR) is 75.5 cm³/mol. The van der Waals surface area contributed by atoms with Crippen molar-refractivity contribution in [2.45, 2.75) is 6.18 Å². The van der Waals surface area contributed by atoms with Gasteiger partial charge in [-0.15, -0.1) is 11.8 Å². The molecule has 0 aliphatic carbocycles. The van der Waals surface area contributed by atoms with Crippen LogP contribution in [0.4, 0.5) is 18.9 Å². The normalized spacial score (nSPS) is 16.0. The Labute approximate surface area is 118 Å². The molecule has 20 heavy (non-hydrogen) atoms. The third kappa shape index (κ3) is 3.93. The van der Waals surface area contributed by atoms with Gasteiger partial charge in [0.05, 0.1) is 12.2 Å². The number of allylic oxidation sites excluding steroid dienone is 1. The summed E-state index contributed by atoms with van der Waals surface area (Å²) < 4.78 is 43.9. The van der Waals surface area contributed by atoms with Crippen molar-refractivity contribution in [3.8, 4) is 5.75 Å². The van der Waals surface area contributed by atoms with E-state index in [-0.39, 0.29) is 0 Å². The zero-order chi connectivity index (χ0) is 14.6. The summed E-state index contributed by atoms with van der Waals surface area (Å²) in [6.45, 7) is 0.560. The quantitative estimate of drug-likeness (QED) is 0.921. The number of anilines is 1. The number of thioether (sulfide) groups is 1. The van der Waals surface area contributed by atoms with Crippen LogP contribution in [0.5, 0.6) is 5.75 Å². The highest BCUT2D eigenvalue weighted by molar-refractivity contribution is 8.14. The molecule has 1 heterocycles. The first-order valence-corrected chi connectivity index (χ1v) is 6.85. The summed E-state index contributed by atoms with van der Waals surface area (Å²) >= 11 is 1.32. The smallest absolute Gasteiger partial charge is 0.431 e. The summed E-state index contributed by atoms with van der Waals surface area (Å²) in [5.41, 5.74) is -0.478. The Hall–Kier alpha value is -1.63. The maximum atomic E-state index is 13.0. The Bertz CT molecular complexity index is 523. The molecule has 7 heteroatoms. The highest BCUT2D eigenvalue weighted by Crippen LogP contribution is 2.29. The van der Waals surface area contributed by atoms with Crippen molar-refractivity contribution in [3.05, 3.63) is 36.0 Å². The number of ether oxygens (including phenoxy) is 1. The van der Waals surface area contributed by atoms with Gasteiger partial charge in [-0.3, -0.25) is 4.99 Å². The van der Waals surface area contributed by atoms with Crippen LogP contribution < -0.4 is 10.1 Å². The fourth-order valence-electron chi connectivity index (χ4n) is 1.58. The molecule has 0 amide bonds. The fraction of sp³-hybridized carbons (Fsp3) is 0.308. The van der Waals surface area contributed by atoms with Crippen molar-refractivity contribution in [2.75, 3.05) is 24.7 Å². The third-order valence-corrected chi connectivity index (χ3v) is 3.48. The minimum absolute atomic E-state index is 0.345. The maximum absolute atomic E-state index is 13.0. The molecule has 3 nitrogen and oxygen atoms in total. The predicted octanol–water partition coefficient (Wildman–Crippen LogP) is 3.70. The minimum atomic E-state index is -4.45. The van der Waals surface area contributed by atoms with Crippen LogP contribution in [-0.2, 0) is 0 Å². The Balaban J connectivity index is 2.19. The zero-order valence-electron chi connectivity index (χ0n) is 10.7. The van der Waals surface area contributed by atoms with Crippen LogP contribution in [0.2, 0.25) is 0 Å². The average molecular weight is 302 g/mol. The zero-order valence-corrected chi connectivity index (χ0v) is 11.5. The number of nitrogens with one attached hydrogen (secondary N) is 1. The molecule has 1 aliphatic heterocycles. The van der Waals surface area contributed by atoms with Gasteiger partial charge in [0.15, 0.2) is 0 Å². The van der Waals surface area contributed by atoms with Crippen LogP contribution >= 0.6 is 11.8 Å². The molecule has 0 unspecified atom stereocenters. The van der Waals surface area contributed by atoms with E-state index in [9.17, 15) is 13.2 Å². The van der Waals surface area contributed by atoms with Crippen molar-refractivity contribution in [3.63, 3.8) is 0 Å². The lowest BCUT2D eigenvalue weighted by Crippen LogP contribution is -2.20. The van der Waals surface area contributed by atoms with Crippen LogP contribution in [0.25, 0.3) is 0 Å². The highest BCUT2D eigenvalue weighted by atomic mass is 32.2. The van der Waals surface area contributed by atoms with Gasteiger partial charge in [-0.1, -0.05) is 0 Å². The van der Waals surface area contributed by atoms with Crippen LogP contribution in [0.3, 0.4) is 0 Å². The molecule has 1 aromatic carbocycles. The van der Waals surface area contributed by atoms with Crippen LogP contribution in [0, 0.1) is 0 Å². The number of aliphatic imine (C=N–C) groups is 1. The van der Waals surface area contributed by atoms with E-state index in [4.69, 9.17) is 4.74 Å². The van der Waals surface area contributed by atoms with Gasteiger partial charge in [0, 0.05) is 18.0 Å². The number of methoxy groups -OCH3 is 1. The molecule has 1 N–H and O–H groups in total. The number of alkyl halides is 3. The van der Waals surface area contributed by atoms with E-state index in [0.29, 0.717) is 23.0 Å². The van der Waals surface area contributed by atoms with Crippen molar-refractivity contribution < 1.29 is 17.9 Å². The summed E-state index contributed by atoms with van der Waals surface area (Å²) in [7, 11) is 1.50. The number of hydrogen-bond donors (Lipinski definition) is 1. The monoisotopic (exact) mass is 302 g/mol. The van der Waals surface area contributed by atoms with Crippen LogP contribution in [0.15, 0.2) is 41.0 Å². The second-order valence-electron chi connectivity index (χ2n) is 3.98. The maximum Gasteiger partial charge on any atom is 0.431 e. The first kappa shape index (κ1) is 14.8. The molecule has 0 bridgehead atoms. The van der Waals surface area contributed by atoms with Gasteiger partial charge in [0.25, 0.3) is 0 Å². The SMILES string of the molecule is COc1ccc(N/C(=C\C2=NCCS2)C(F)(F)F)cc1. The topological polar surface area (TPSA) is 33.6 Å². The van der Waals surface area contributed by atoms with Crippen molar-refractivity contribution in [1.29, 1.82) is 0 Å². The van der Waals surface area contributed by atoms with Gasteiger partial charge >= 0.3 is 6.18 Å². The lowest BCUT2D eigenvalue weighted by Gasteiger charge is -2.14. The van der Waals surface area contributed by atoms with E-state index in [0.717, 1.165) is 11.8 Å². The van der Waals surface area contributed by atoms with Gasteiger partial charge in [0.1, 0.15) is 11.4 Å². The van der Waals surface area contributed by atoms with Crippen molar-refractivity contribution in [2.24, 2.45) is 4.99 Å². The summed E-state index contributed by atoms with van der Waals surface area (Å²) in [6, 6.07) is 6.25. The van der Waals surface area contributed by atoms with E-state index in [1.165, 1.54) is 31.0 Å². The first-order valence-electron chi connectivity index (χ1n) is 5.86. The molecule has 2 rings (SSSR count). The molecule has 0 atom stereocenters. The molecule has 0 spiro atoms. The first-order chi connectivity index (χ1) is 9.49. The van der Waals surface area contributed by atoms with Crippen molar-refractivity contribution in [1.82, 2.24) is 0 Å². The van der Waals surface area contributed by atoms with E-state index in [2.05, 4.69) is 10.3 Å². The number of nitrogens with zero attached hydrogens (tertiary/aromatic N) is 1. The molecule has 1 aromatic rings. The average Bonchev–Trinajstić information content (AvgIpc) is 2.91. The van der Waals surface area contributed by atoms with Crippen LogP contribution in [-0.4, -0.2) is 30.6 Å². The molecule has 0 aromatic heterocycles. The number of benzene rings is 1. The van der Waals surface area contributed by atoms with Gasteiger partial charge < -0.3 is 10.1 Å². The standard InChI is InChI=1S/C13H13F3N2OS/c1-19-10-4-2-9(3-5-10)18-11(13(14,15)16)8-12-17-6-7-20-12/h2-5,8,18H,6-7H2,1H3/b11-8-. The Morgan fingerprint density at radius 3 is 2.55 bits per heavy atom. The second kappa shape index (κ2) is 6.21. The Morgan fingerprint density at radius 2 is 2.05 bits per heavy atom. The molecule has 108 valence electrons. The van der Waals surface area contributed by atoms with Crippen LogP contribution in [0.1, 0.15) is 0 Å². The largest absolute Gasteiger partial charge is 0.497 e. The Kier molecular flexibility index (Phi) is 4.59. The summed E-state index contributed by atoms with van der Waals surface area (Å²) in [5, 5.41) is 2.78. The summed E-state index contributed by atoms with van der Waals surface area (Å²) in [4.78, 5) is 4.00. The Morgan fingerprint density at radius 1 is 1.35 bits per heavy atom. The van der Waals surface area contributed by atoms with E-state index >= 15 is 0 Å². The molecule has 0 radical (unpaired) electrons. The fourth-order valence-corrected chi connectivity index (χ4v) is 2.36. The van der Waals surface area contributed by atoms with Gasteiger partial charge in [-0.25, -0.2) is 0 Å². The lowest BCUT2D eigenvalue weighted by atomic mass is 10.2. The highest BCUT2D eigenvalue weighted by Gasteiger charge is 2.34. The van der Waals surface area contributed by atoms with Crippen molar-refractivity contribution >= 4 is 22.5 Å². The second-order valence-corrected chi connectivity index (χ2v) is 5.09. The lowest BCUT2D eigenvalue weighted by molar-refractivity contribution is -0.0901. The van der Waals surface area contributed by atoms with Gasteiger partial charge in [-0.2, -0.15) is 13.2 Å². The number of hydrogen-bond acceptors (Lipinski definition) is 4. The molecule has 1 aliphatic rings. The minimum Gasteiger partial charge on any atom is -0.497 e. The molecule has 0 fully saturated rings. The summed E-state index contributed by atoms with van der Waals surface area (Å²) in [5.74, 6) is 1.31. The van der Waals surface area contributed by atoms with E-state index in [1.807, 2.05) is 0 Å². The number of rotatable bonds is 4. The number of halogens is 3. The van der Waals surface area contributed by atoms with Gasteiger partial charge in [-0.05, 0) is 30.3 Å². The third-order valence-electron chi connectivity index (χ3n) is 2.55. The molecular weight excluding hydrogens is 289 g/mol. The van der Waals surface area contributed by atoms with Gasteiger partial charge in [0.2, 0.25) is 0 Å². The molecule has 0 saturated carbocycles. The molecular formula is C13H13F3N2OS. The van der Waals surface area contributed by atoms with E-state index < -0.39 is 11.9 Å². The molecule has 0 saturated heterocycles. The van der Waals surface area contributed by atoms with E-state index in [1.54, 1.807) is 12.1 Å².